The molecule has 0 bridgehead atoms. The number of aryl methyl sites for hydroxylation is 1. The predicted octanol–water partition coefficient (Wildman–Crippen LogP) is 1.33. The van der Waals surface area contributed by atoms with Crippen LogP contribution in [0.2, 0.25) is 0 Å². The lowest BCUT2D eigenvalue weighted by Gasteiger charge is -2.01. The minimum Gasteiger partial charge on any atom is -0.508 e. The summed E-state index contributed by atoms with van der Waals surface area (Å²) in [5, 5.41) is 8.76. The molecule has 78 valence electrons. The highest BCUT2D eigenvalue weighted by Crippen LogP contribution is 2.07. The topological polar surface area (TPSA) is 66.6 Å². The van der Waals surface area contributed by atoms with Gasteiger partial charge in [0.1, 0.15) is 5.75 Å². The van der Waals surface area contributed by atoms with E-state index in [0.717, 1.165) is 0 Å². The van der Waals surface area contributed by atoms with E-state index < -0.39 is 6.03 Å². The Balaban J connectivity index is 0.000000255. The maximum absolute atomic E-state index is 9.85. The quantitative estimate of drug-likeness (QED) is 0.657. The van der Waals surface area contributed by atoms with E-state index in [9.17, 15) is 4.79 Å². The van der Waals surface area contributed by atoms with E-state index in [0.29, 0.717) is 5.75 Å². The fourth-order valence-corrected chi connectivity index (χ4v) is 0.545. The summed E-state index contributed by atoms with van der Waals surface area (Å²) < 4.78 is 0. The molecular weight excluding hydrogens is 180 g/mol. The maximum atomic E-state index is 9.85. The SMILES string of the molecule is CN(C)C(N)=O.Cc1ccc(O)cc1. The molecule has 0 fully saturated rings. The van der Waals surface area contributed by atoms with Gasteiger partial charge in [-0.2, -0.15) is 0 Å². The number of carbonyl (C=O) groups excluding carboxylic acids is 1. The largest absolute Gasteiger partial charge is 0.508 e. The van der Waals surface area contributed by atoms with E-state index in [1.807, 2.05) is 19.1 Å². The number of nitrogens with zero attached hydrogens (tertiary/aromatic N) is 1. The lowest BCUT2D eigenvalue weighted by Crippen LogP contribution is -2.27. The second-order valence-corrected chi connectivity index (χ2v) is 3.07. The van der Waals surface area contributed by atoms with Crippen molar-refractivity contribution in [1.82, 2.24) is 4.90 Å². The number of amides is 2. The molecule has 0 heterocycles. The van der Waals surface area contributed by atoms with E-state index in [4.69, 9.17) is 10.8 Å². The Labute approximate surface area is 84.0 Å². The maximum Gasteiger partial charge on any atom is 0.314 e. The Hall–Kier alpha value is -1.71. The van der Waals surface area contributed by atoms with E-state index >= 15 is 0 Å². The highest BCUT2D eigenvalue weighted by molar-refractivity contribution is 5.71. The van der Waals surface area contributed by atoms with Gasteiger partial charge in [-0.1, -0.05) is 17.7 Å². The molecule has 0 spiro atoms. The summed E-state index contributed by atoms with van der Waals surface area (Å²) in [6, 6.07) is 6.69. The summed E-state index contributed by atoms with van der Waals surface area (Å²) in [5.41, 5.74) is 5.89. The van der Waals surface area contributed by atoms with Gasteiger partial charge < -0.3 is 15.7 Å². The van der Waals surface area contributed by atoms with Crippen LogP contribution in [0.3, 0.4) is 0 Å². The Kier molecular flexibility index (Phi) is 5.14. The lowest BCUT2D eigenvalue weighted by molar-refractivity contribution is 0.227. The number of aromatic hydroxyl groups is 1. The van der Waals surface area contributed by atoms with Crippen molar-refractivity contribution >= 4 is 6.03 Å². The van der Waals surface area contributed by atoms with Crippen molar-refractivity contribution in [3.8, 4) is 5.75 Å². The number of hydrogen-bond acceptors (Lipinski definition) is 2. The Bertz CT molecular complexity index is 260. The number of primary amides is 1. The first-order chi connectivity index (χ1) is 6.43. The minimum atomic E-state index is -0.407. The molecule has 0 atom stereocenters. The van der Waals surface area contributed by atoms with Crippen molar-refractivity contribution < 1.29 is 9.90 Å². The molecule has 0 aliphatic rings. The van der Waals surface area contributed by atoms with Crippen LogP contribution in [-0.4, -0.2) is 30.1 Å². The van der Waals surface area contributed by atoms with Crippen LogP contribution >= 0.6 is 0 Å². The van der Waals surface area contributed by atoms with Gasteiger partial charge >= 0.3 is 6.03 Å². The molecule has 1 aromatic carbocycles. The van der Waals surface area contributed by atoms with Gasteiger partial charge in [0.15, 0.2) is 0 Å². The molecule has 3 N–H and O–H groups in total. The lowest BCUT2D eigenvalue weighted by atomic mass is 10.2. The summed E-state index contributed by atoms with van der Waals surface area (Å²) in [7, 11) is 3.20. The van der Waals surface area contributed by atoms with E-state index in [-0.39, 0.29) is 0 Å². The minimum absolute atomic E-state index is 0.329. The van der Waals surface area contributed by atoms with Crippen LogP contribution < -0.4 is 5.73 Å². The number of phenols is 1. The van der Waals surface area contributed by atoms with E-state index in [1.54, 1.807) is 26.2 Å². The van der Waals surface area contributed by atoms with Gasteiger partial charge in [-0.25, -0.2) is 4.79 Å². The van der Waals surface area contributed by atoms with Gasteiger partial charge in [0.25, 0.3) is 0 Å². The molecule has 1 aromatic rings. The number of benzene rings is 1. The average Bonchev–Trinajstić information content (AvgIpc) is 2.11. The number of nitrogens with two attached hydrogens (primary N) is 1. The third-order valence-corrected chi connectivity index (χ3v) is 1.47. The first-order valence-electron chi connectivity index (χ1n) is 4.16. The van der Waals surface area contributed by atoms with Gasteiger partial charge in [-0.3, -0.25) is 0 Å². The summed E-state index contributed by atoms with van der Waals surface area (Å²) in [6.07, 6.45) is 0. The smallest absolute Gasteiger partial charge is 0.314 e. The van der Waals surface area contributed by atoms with Gasteiger partial charge in [0.2, 0.25) is 0 Å². The Morgan fingerprint density at radius 1 is 1.29 bits per heavy atom. The van der Waals surface area contributed by atoms with Gasteiger partial charge in [0.05, 0.1) is 0 Å². The van der Waals surface area contributed by atoms with Crippen LogP contribution in [0.4, 0.5) is 4.79 Å². The second kappa shape index (κ2) is 5.85. The van der Waals surface area contributed by atoms with Crippen LogP contribution in [-0.2, 0) is 0 Å². The molecule has 0 aliphatic carbocycles. The van der Waals surface area contributed by atoms with Crippen molar-refractivity contribution in [1.29, 1.82) is 0 Å². The normalized spacial score (nSPS) is 8.50. The number of urea groups is 1. The summed E-state index contributed by atoms with van der Waals surface area (Å²) in [6.45, 7) is 1.99. The van der Waals surface area contributed by atoms with Crippen LogP contribution in [0, 0.1) is 6.92 Å². The molecule has 14 heavy (non-hydrogen) atoms. The van der Waals surface area contributed by atoms with E-state index in [1.165, 1.54) is 10.5 Å². The van der Waals surface area contributed by atoms with Gasteiger partial charge in [0, 0.05) is 14.1 Å². The standard InChI is InChI=1S/C7H8O.C3H8N2O/c1-6-2-4-7(8)5-3-6;1-5(2)3(4)6/h2-5,8H,1H3;1-2H3,(H2,4,6). The van der Waals surface area contributed by atoms with Gasteiger partial charge in [-0.15, -0.1) is 0 Å². The highest BCUT2D eigenvalue weighted by Gasteiger charge is 1.88. The molecule has 1 rings (SSSR count). The molecule has 0 unspecified atom stereocenters. The Morgan fingerprint density at radius 3 is 1.86 bits per heavy atom. The summed E-state index contributed by atoms with van der Waals surface area (Å²) >= 11 is 0. The zero-order valence-corrected chi connectivity index (χ0v) is 8.69. The third kappa shape index (κ3) is 5.88. The second-order valence-electron chi connectivity index (χ2n) is 3.07. The molecule has 2 amide bonds. The molecule has 4 heteroatoms. The van der Waals surface area contributed by atoms with Crippen LogP contribution in [0.5, 0.6) is 5.75 Å². The van der Waals surface area contributed by atoms with Crippen molar-refractivity contribution in [2.45, 2.75) is 6.92 Å². The molecule has 0 aliphatic heterocycles. The first kappa shape index (κ1) is 12.3. The number of hydrogen-bond donors (Lipinski definition) is 2. The molecule has 0 saturated carbocycles. The van der Waals surface area contributed by atoms with E-state index in [2.05, 4.69) is 0 Å². The molecule has 0 radical (unpaired) electrons. The zero-order chi connectivity index (χ0) is 11.1. The molecule has 0 saturated heterocycles. The molecule has 0 aromatic heterocycles. The Morgan fingerprint density at radius 2 is 1.64 bits per heavy atom. The fourth-order valence-electron chi connectivity index (χ4n) is 0.545. The molecule has 4 nitrogen and oxygen atoms in total. The summed E-state index contributed by atoms with van der Waals surface area (Å²) in [4.78, 5) is 11.2. The molecular formula is C10H16N2O2. The van der Waals surface area contributed by atoms with Crippen molar-refractivity contribution in [3.63, 3.8) is 0 Å². The van der Waals surface area contributed by atoms with Crippen molar-refractivity contribution in [2.24, 2.45) is 5.73 Å². The number of carbonyl (C=O) groups is 1. The van der Waals surface area contributed by atoms with Crippen molar-refractivity contribution in [2.75, 3.05) is 14.1 Å². The fraction of sp³-hybridized carbons (Fsp3) is 0.300. The monoisotopic (exact) mass is 196 g/mol. The van der Waals surface area contributed by atoms with Crippen LogP contribution in [0.15, 0.2) is 24.3 Å². The number of rotatable bonds is 0. The van der Waals surface area contributed by atoms with Crippen LogP contribution in [0.1, 0.15) is 5.56 Å². The highest BCUT2D eigenvalue weighted by atomic mass is 16.3. The van der Waals surface area contributed by atoms with Gasteiger partial charge in [-0.05, 0) is 19.1 Å². The average molecular weight is 196 g/mol. The predicted molar refractivity (Wildman–Crippen MR) is 56.1 cm³/mol. The van der Waals surface area contributed by atoms with Crippen molar-refractivity contribution in [3.05, 3.63) is 29.8 Å². The van der Waals surface area contributed by atoms with Crippen LogP contribution in [0.25, 0.3) is 0 Å². The first-order valence-corrected chi connectivity index (χ1v) is 4.16. The third-order valence-electron chi connectivity index (χ3n) is 1.47. The number of phenolic OH excluding ortho intramolecular Hbond substituents is 1. The zero-order valence-electron chi connectivity index (χ0n) is 8.69. The summed E-state index contributed by atoms with van der Waals surface area (Å²) in [5.74, 6) is 0.329.